The third-order valence-electron chi connectivity index (χ3n) is 2.47. The average Bonchev–Trinajstić information content (AvgIpc) is 2.68. The fraction of sp³-hybridized carbons (Fsp3) is 0.889. The zero-order valence-corrected chi connectivity index (χ0v) is 7.44. The molecule has 0 amide bonds. The molecule has 2 fully saturated rings. The van der Waals surface area contributed by atoms with E-state index in [1.165, 1.54) is 0 Å². The maximum Gasteiger partial charge on any atom is 0.112 e. The van der Waals surface area contributed by atoms with E-state index >= 15 is 0 Å². The molecule has 0 aromatic heterocycles. The Hall–Kier alpha value is -0.630. The lowest BCUT2D eigenvalue weighted by Gasteiger charge is -2.15. The standard InChI is InChI=1S/C9H13NO3/c10-3-1-4-11-8-6-13-7-2-5-12-9(7)8/h7-9H,1-2,4-6H2/t7?,8-,9?/m0/s1. The van der Waals surface area contributed by atoms with Crippen LogP contribution in [0.5, 0.6) is 0 Å². The minimum absolute atomic E-state index is 0.0425. The molecule has 0 aromatic carbocycles. The van der Waals surface area contributed by atoms with E-state index in [0.29, 0.717) is 19.6 Å². The number of nitrogens with zero attached hydrogens (tertiary/aromatic N) is 1. The van der Waals surface area contributed by atoms with Gasteiger partial charge < -0.3 is 14.2 Å². The summed E-state index contributed by atoms with van der Waals surface area (Å²) in [6, 6.07) is 2.04. The van der Waals surface area contributed by atoms with Crippen LogP contribution in [0.4, 0.5) is 0 Å². The Morgan fingerprint density at radius 1 is 1.46 bits per heavy atom. The maximum atomic E-state index is 8.34. The fourth-order valence-corrected chi connectivity index (χ4v) is 1.83. The Bertz CT molecular complexity index is 213. The van der Waals surface area contributed by atoms with Gasteiger partial charge in [0.05, 0.1) is 31.8 Å². The van der Waals surface area contributed by atoms with Gasteiger partial charge >= 0.3 is 0 Å². The molecule has 0 aromatic rings. The van der Waals surface area contributed by atoms with E-state index in [-0.39, 0.29) is 18.3 Å². The highest BCUT2D eigenvalue weighted by Crippen LogP contribution is 2.28. The second-order valence-corrected chi connectivity index (χ2v) is 3.31. The van der Waals surface area contributed by atoms with Crippen molar-refractivity contribution < 1.29 is 14.2 Å². The van der Waals surface area contributed by atoms with E-state index in [9.17, 15) is 0 Å². The maximum absolute atomic E-state index is 8.34. The Kier molecular flexibility index (Phi) is 2.79. The molecule has 2 unspecified atom stereocenters. The Morgan fingerprint density at radius 3 is 3.23 bits per heavy atom. The first kappa shape index (κ1) is 8.95. The number of nitriles is 1. The molecule has 0 aliphatic carbocycles. The second kappa shape index (κ2) is 4.05. The summed E-state index contributed by atoms with van der Waals surface area (Å²) in [5, 5.41) is 8.34. The van der Waals surface area contributed by atoms with Crippen LogP contribution in [0.15, 0.2) is 0 Å². The molecule has 4 heteroatoms. The fourth-order valence-electron chi connectivity index (χ4n) is 1.83. The molecule has 2 rings (SSSR count). The topological polar surface area (TPSA) is 51.5 Å². The van der Waals surface area contributed by atoms with E-state index in [1.54, 1.807) is 0 Å². The van der Waals surface area contributed by atoms with Crippen molar-refractivity contribution >= 4 is 0 Å². The van der Waals surface area contributed by atoms with Crippen LogP contribution in [0.1, 0.15) is 12.8 Å². The van der Waals surface area contributed by atoms with Gasteiger partial charge in [0, 0.05) is 6.61 Å². The van der Waals surface area contributed by atoms with Crippen LogP contribution in [0, 0.1) is 11.3 Å². The molecule has 0 bridgehead atoms. The highest BCUT2D eigenvalue weighted by molar-refractivity contribution is 4.89. The van der Waals surface area contributed by atoms with E-state index < -0.39 is 0 Å². The first-order valence-corrected chi connectivity index (χ1v) is 4.63. The van der Waals surface area contributed by atoms with Crippen LogP contribution < -0.4 is 0 Å². The molecule has 0 spiro atoms. The van der Waals surface area contributed by atoms with Gasteiger partial charge in [-0.25, -0.2) is 0 Å². The van der Waals surface area contributed by atoms with E-state index in [4.69, 9.17) is 19.5 Å². The van der Waals surface area contributed by atoms with Gasteiger partial charge in [0.1, 0.15) is 12.2 Å². The van der Waals surface area contributed by atoms with Gasteiger partial charge in [-0.1, -0.05) is 0 Å². The third kappa shape index (κ3) is 1.83. The molecule has 2 saturated heterocycles. The van der Waals surface area contributed by atoms with Crippen molar-refractivity contribution in [3.05, 3.63) is 0 Å². The van der Waals surface area contributed by atoms with Gasteiger partial charge in [0.2, 0.25) is 0 Å². The van der Waals surface area contributed by atoms with Crippen LogP contribution in [0.3, 0.4) is 0 Å². The lowest BCUT2D eigenvalue weighted by molar-refractivity contribution is -0.0288. The number of rotatable bonds is 3. The smallest absolute Gasteiger partial charge is 0.112 e. The highest BCUT2D eigenvalue weighted by atomic mass is 16.6. The molecule has 2 aliphatic rings. The van der Waals surface area contributed by atoms with Gasteiger partial charge in [0.15, 0.2) is 0 Å². The molecule has 4 nitrogen and oxygen atoms in total. The summed E-state index contributed by atoms with van der Waals surface area (Å²) < 4.78 is 16.5. The number of fused-ring (bicyclic) bond motifs is 1. The van der Waals surface area contributed by atoms with Crippen molar-refractivity contribution in [2.45, 2.75) is 31.2 Å². The third-order valence-corrected chi connectivity index (χ3v) is 2.47. The summed E-state index contributed by atoms with van der Waals surface area (Å²) in [5.41, 5.74) is 0. The highest BCUT2D eigenvalue weighted by Gasteiger charge is 2.42. The number of hydrogen-bond acceptors (Lipinski definition) is 4. The van der Waals surface area contributed by atoms with Gasteiger partial charge in [-0.05, 0) is 6.42 Å². The van der Waals surface area contributed by atoms with Crippen LogP contribution in [-0.2, 0) is 14.2 Å². The zero-order chi connectivity index (χ0) is 9.10. The summed E-state index contributed by atoms with van der Waals surface area (Å²) in [6.07, 6.45) is 1.79. The van der Waals surface area contributed by atoms with E-state index in [1.807, 2.05) is 6.07 Å². The van der Waals surface area contributed by atoms with E-state index in [0.717, 1.165) is 13.0 Å². The van der Waals surface area contributed by atoms with Crippen LogP contribution in [0.2, 0.25) is 0 Å². The monoisotopic (exact) mass is 183 g/mol. The molecule has 2 aliphatic heterocycles. The van der Waals surface area contributed by atoms with Crippen molar-refractivity contribution in [1.82, 2.24) is 0 Å². The molecular weight excluding hydrogens is 170 g/mol. The summed E-state index contributed by atoms with van der Waals surface area (Å²) in [5.74, 6) is 0. The predicted molar refractivity (Wildman–Crippen MR) is 44.1 cm³/mol. The van der Waals surface area contributed by atoms with Crippen LogP contribution >= 0.6 is 0 Å². The Balaban J connectivity index is 1.77. The molecular formula is C9H13NO3. The van der Waals surface area contributed by atoms with Crippen LogP contribution in [-0.4, -0.2) is 38.1 Å². The molecule has 0 radical (unpaired) electrons. The second-order valence-electron chi connectivity index (χ2n) is 3.31. The van der Waals surface area contributed by atoms with E-state index in [2.05, 4.69) is 0 Å². The largest absolute Gasteiger partial charge is 0.373 e. The molecule has 72 valence electrons. The molecule has 2 heterocycles. The van der Waals surface area contributed by atoms with Crippen molar-refractivity contribution in [1.29, 1.82) is 5.26 Å². The predicted octanol–water partition coefficient (Wildman–Crippen LogP) is 0.473. The van der Waals surface area contributed by atoms with Crippen molar-refractivity contribution in [2.75, 3.05) is 19.8 Å². The van der Waals surface area contributed by atoms with Crippen molar-refractivity contribution in [3.63, 3.8) is 0 Å². The van der Waals surface area contributed by atoms with Gasteiger partial charge in [-0.2, -0.15) is 5.26 Å². The van der Waals surface area contributed by atoms with Gasteiger partial charge in [-0.15, -0.1) is 0 Å². The van der Waals surface area contributed by atoms with Crippen LogP contribution in [0.25, 0.3) is 0 Å². The lowest BCUT2D eigenvalue weighted by atomic mass is 10.1. The summed E-state index contributed by atoms with van der Waals surface area (Å²) in [6.45, 7) is 1.87. The summed E-state index contributed by atoms with van der Waals surface area (Å²) >= 11 is 0. The van der Waals surface area contributed by atoms with Crippen molar-refractivity contribution in [2.24, 2.45) is 0 Å². The number of hydrogen-bond donors (Lipinski definition) is 0. The average molecular weight is 183 g/mol. The molecule has 0 N–H and O–H groups in total. The SMILES string of the molecule is N#CCCO[C@H]1COC2CCOC21. The molecule has 0 saturated carbocycles. The first-order chi connectivity index (χ1) is 6.42. The Morgan fingerprint density at radius 2 is 2.38 bits per heavy atom. The zero-order valence-electron chi connectivity index (χ0n) is 7.44. The summed E-state index contributed by atoms with van der Waals surface area (Å²) in [4.78, 5) is 0. The molecule has 13 heavy (non-hydrogen) atoms. The minimum Gasteiger partial charge on any atom is -0.373 e. The normalized spacial score (nSPS) is 37.3. The van der Waals surface area contributed by atoms with Crippen molar-refractivity contribution in [3.8, 4) is 6.07 Å². The first-order valence-electron chi connectivity index (χ1n) is 4.63. The van der Waals surface area contributed by atoms with Gasteiger partial charge in [0.25, 0.3) is 0 Å². The molecule has 3 atom stereocenters. The Labute approximate surface area is 77.4 Å². The number of ether oxygens (including phenoxy) is 3. The van der Waals surface area contributed by atoms with Gasteiger partial charge in [-0.3, -0.25) is 0 Å². The minimum atomic E-state index is 0.0425. The quantitative estimate of drug-likeness (QED) is 0.597. The summed E-state index contributed by atoms with van der Waals surface area (Å²) in [7, 11) is 0. The lowest BCUT2D eigenvalue weighted by Crippen LogP contribution is -2.30.